The van der Waals surface area contributed by atoms with Crippen molar-refractivity contribution in [2.24, 2.45) is 0 Å². The van der Waals surface area contributed by atoms with E-state index in [1.807, 2.05) is 78.9 Å². The number of hydrogen-bond acceptors (Lipinski definition) is 4. The summed E-state index contributed by atoms with van der Waals surface area (Å²) in [4.78, 5) is 21.4. The lowest BCUT2D eigenvalue weighted by Crippen LogP contribution is -3.06. The zero-order chi connectivity index (χ0) is 20.9. The van der Waals surface area contributed by atoms with Crippen LogP contribution in [0.3, 0.4) is 0 Å². The molecule has 0 aliphatic rings. The lowest BCUT2D eigenvalue weighted by atomic mass is 10.1. The molecule has 0 aliphatic carbocycles. The van der Waals surface area contributed by atoms with Gasteiger partial charge in [0.2, 0.25) is 0 Å². The number of carbonyl (C=O) groups excluding carboxylic acids is 1. The van der Waals surface area contributed by atoms with Crippen molar-refractivity contribution in [3.8, 4) is 11.5 Å². The number of anilines is 1. The molecule has 0 spiro atoms. The average molecular weight is 419 g/mol. The molecule has 1 amide bonds. The molecule has 0 fully saturated rings. The molecule has 1 aromatic heterocycles. The summed E-state index contributed by atoms with van der Waals surface area (Å²) in [5.74, 6) is 1.13. The lowest BCUT2D eigenvalue weighted by Gasteiger charge is -2.22. The van der Waals surface area contributed by atoms with E-state index in [1.54, 1.807) is 4.90 Å². The molecular formula is C24H24N3O2S+. The van der Waals surface area contributed by atoms with Crippen molar-refractivity contribution in [3.05, 3.63) is 84.4 Å². The Morgan fingerprint density at radius 1 is 0.967 bits per heavy atom. The van der Waals surface area contributed by atoms with Crippen molar-refractivity contribution in [2.75, 3.05) is 32.1 Å². The molecule has 5 nitrogen and oxygen atoms in total. The fourth-order valence-electron chi connectivity index (χ4n) is 3.09. The van der Waals surface area contributed by atoms with E-state index in [-0.39, 0.29) is 5.91 Å². The maximum Gasteiger partial charge on any atom is 0.264 e. The van der Waals surface area contributed by atoms with E-state index in [0.717, 1.165) is 16.8 Å². The van der Waals surface area contributed by atoms with Gasteiger partial charge in [0.25, 0.3) is 5.91 Å². The van der Waals surface area contributed by atoms with Crippen LogP contribution < -0.4 is 14.5 Å². The predicted molar refractivity (Wildman–Crippen MR) is 122 cm³/mol. The second-order valence-corrected chi connectivity index (χ2v) is 8.30. The SMILES string of the molecule is C[NH+](C)CCN(C(=O)c1ccccc1Oc1ccccc1)c1nc2ccccc2s1. The van der Waals surface area contributed by atoms with Crippen molar-refractivity contribution >= 4 is 32.6 Å². The highest BCUT2D eigenvalue weighted by molar-refractivity contribution is 7.22. The third kappa shape index (κ3) is 4.50. The summed E-state index contributed by atoms with van der Waals surface area (Å²) in [6, 6.07) is 24.8. The highest BCUT2D eigenvalue weighted by atomic mass is 32.1. The maximum atomic E-state index is 13.6. The summed E-state index contributed by atoms with van der Waals surface area (Å²) >= 11 is 1.53. The molecule has 0 atom stereocenters. The number of carbonyl (C=O) groups is 1. The number of quaternary nitrogens is 1. The highest BCUT2D eigenvalue weighted by Crippen LogP contribution is 2.32. The van der Waals surface area contributed by atoms with Crippen LogP contribution in [0.2, 0.25) is 0 Å². The van der Waals surface area contributed by atoms with Gasteiger partial charge in [-0.3, -0.25) is 9.69 Å². The van der Waals surface area contributed by atoms with Gasteiger partial charge in [-0.1, -0.05) is 53.8 Å². The summed E-state index contributed by atoms with van der Waals surface area (Å²) in [6.07, 6.45) is 0. The summed E-state index contributed by atoms with van der Waals surface area (Å²) in [7, 11) is 4.15. The molecule has 0 aliphatic heterocycles. The minimum absolute atomic E-state index is 0.109. The van der Waals surface area contributed by atoms with Gasteiger partial charge in [0.1, 0.15) is 11.5 Å². The number of hydrogen-bond donors (Lipinski definition) is 1. The number of rotatable bonds is 7. The van der Waals surface area contributed by atoms with Crippen LogP contribution in [0.5, 0.6) is 11.5 Å². The quantitative estimate of drug-likeness (QED) is 0.496. The van der Waals surface area contributed by atoms with E-state index in [1.165, 1.54) is 16.2 Å². The van der Waals surface area contributed by atoms with Gasteiger partial charge in [0.05, 0.1) is 43.0 Å². The van der Waals surface area contributed by atoms with Crippen LogP contribution in [0, 0.1) is 0 Å². The van der Waals surface area contributed by atoms with Gasteiger partial charge < -0.3 is 9.64 Å². The molecule has 0 saturated heterocycles. The van der Waals surface area contributed by atoms with Gasteiger partial charge in [-0.25, -0.2) is 4.98 Å². The highest BCUT2D eigenvalue weighted by Gasteiger charge is 2.24. The largest absolute Gasteiger partial charge is 0.457 e. The maximum absolute atomic E-state index is 13.6. The van der Waals surface area contributed by atoms with Crippen LogP contribution in [0.1, 0.15) is 10.4 Å². The Kier molecular flexibility index (Phi) is 6.07. The van der Waals surface area contributed by atoms with Crippen molar-refractivity contribution in [2.45, 2.75) is 0 Å². The minimum Gasteiger partial charge on any atom is -0.457 e. The zero-order valence-electron chi connectivity index (χ0n) is 17.0. The van der Waals surface area contributed by atoms with Gasteiger partial charge in [-0.2, -0.15) is 0 Å². The molecule has 0 saturated carbocycles. The summed E-state index contributed by atoms with van der Waals surface area (Å²) < 4.78 is 7.10. The van der Waals surface area contributed by atoms with Crippen molar-refractivity contribution in [1.29, 1.82) is 0 Å². The fraction of sp³-hybridized carbons (Fsp3) is 0.167. The van der Waals surface area contributed by atoms with Crippen LogP contribution in [0.4, 0.5) is 5.13 Å². The number of fused-ring (bicyclic) bond motifs is 1. The molecule has 4 aromatic rings. The van der Waals surface area contributed by atoms with E-state index in [2.05, 4.69) is 14.1 Å². The van der Waals surface area contributed by atoms with Gasteiger partial charge in [0.15, 0.2) is 5.13 Å². The average Bonchev–Trinajstić information content (AvgIpc) is 3.18. The van der Waals surface area contributed by atoms with E-state index >= 15 is 0 Å². The number of nitrogens with one attached hydrogen (secondary N) is 1. The molecule has 30 heavy (non-hydrogen) atoms. The minimum atomic E-state index is -0.109. The number of amides is 1. The zero-order valence-corrected chi connectivity index (χ0v) is 17.9. The summed E-state index contributed by atoms with van der Waals surface area (Å²) in [6.45, 7) is 1.38. The van der Waals surface area contributed by atoms with Crippen molar-refractivity contribution < 1.29 is 14.4 Å². The van der Waals surface area contributed by atoms with E-state index in [9.17, 15) is 4.79 Å². The lowest BCUT2D eigenvalue weighted by molar-refractivity contribution is -0.856. The number of benzene rings is 3. The number of likely N-dealkylation sites (N-methyl/N-ethyl adjacent to an activating group) is 1. The van der Waals surface area contributed by atoms with Crippen molar-refractivity contribution in [1.82, 2.24) is 4.98 Å². The predicted octanol–water partition coefficient (Wildman–Crippen LogP) is 3.88. The van der Waals surface area contributed by atoms with Gasteiger partial charge in [-0.05, 0) is 36.4 Å². The first-order valence-corrected chi connectivity index (χ1v) is 10.7. The normalized spacial score (nSPS) is 11.0. The second-order valence-electron chi connectivity index (χ2n) is 7.29. The first-order valence-electron chi connectivity index (χ1n) is 9.90. The Hall–Kier alpha value is -3.22. The molecule has 4 rings (SSSR count). The monoisotopic (exact) mass is 418 g/mol. The molecule has 1 heterocycles. The third-order valence-corrected chi connectivity index (χ3v) is 5.74. The third-order valence-electron chi connectivity index (χ3n) is 4.68. The molecule has 3 aromatic carbocycles. The number of ether oxygens (including phenoxy) is 1. The topological polar surface area (TPSA) is 46.9 Å². The Balaban J connectivity index is 1.70. The van der Waals surface area contributed by atoms with E-state index in [4.69, 9.17) is 9.72 Å². The molecule has 0 unspecified atom stereocenters. The molecule has 0 radical (unpaired) electrons. The first kappa shape index (κ1) is 20.1. The number of thiazole rings is 1. The van der Waals surface area contributed by atoms with Crippen LogP contribution in [-0.4, -0.2) is 38.1 Å². The second kappa shape index (κ2) is 9.07. The molecule has 0 bridgehead atoms. The summed E-state index contributed by atoms with van der Waals surface area (Å²) in [5, 5.41) is 0.706. The first-order chi connectivity index (χ1) is 14.6. The van der Waals surface area contributed by atoms with Gasteiger partial charge >= 0.3 is 0 Å². The van der Waals surface area contributed by atoms with Crippen LogP contribution >= 0.6 is 11.3 Å². The van der Waals surface area contributed by atoms with E-state index in [0.29, 0.717) is 28.7 Å². The van der Waals surface area contributed by atoms with Crippen LogP contribution in [-0.2, 0) is 0 Å². The standard InChI is InChI=1S/C24H23N3O2S/c1-26(2)16-17-27(24-25-20-13-7-9-15-22(20)30-24)23(28)19-12-6-8-14-21(19)29-18-10-4-3-5-11-18/h3-15H,16-17H2,1-2H3/p+1. The van der Waals surface area contributed by atoms with Gasteiger partial charge in [-0.15, -0.1) is 0 Å². The Morgan fingerprint density at radius 3 is 2.43 bits per heavy atom. The summed E-state index contributed by atoms with van der Waals surface area (Å²) in [5.41, 5.74) is 1.43. The molecule has 6 heteroatoms. The number of aromatic nitrogens is 1. The van der Waals surface area contributed by atoms with Gasteiger partial charge in [0, 0.05) is 0 Å². The Morgan fingerprint density at radius 2 is 1.67 bits per heavy atom. The number of nitrogens with zero attached hydrogens (tertiary/aromatic N) is 2. The Bertz CT molecular complexity index is 1110. The molecule has 152 valence electrons. The Labute approximate surface area is 180 Å². The van der Waals surface area contributed by atoms with Crippen molar-refractivity contribution in [3.63, 3.8) is 0 Å². The molecule has 1 N–H and O–H groups in total. The number of para-hydroxylation sites is 3. The fourth-order valence-corrected chi connectivity index (χ4v) is 4.08. The van der Waals surface area contributed by atoms with Crippen LogP contribution in [0.15, 0.2) is 78.9 Å². The smallest absolute Gasteiger partial charge is 0.264 e. The van der Waals surface area contributed by atoms with E-state index < -0.39 is 0 Å². The molecular weight excluding hydrogens is 394 g/mol. The van der Waals surface area contributed by atoms with Crippen LogP contribution in [0.25, 0.3) is 10.2 Å².